The monoisotopic (exact) mass is 356 g/mol. The van der Waals surface area contributed by atoms with E-state index in [1.165, 1.54) is 0 Å². The van der Waals surface area contributed by atoms with Crippen molar-refractivity contribution in [2.75, 3.05) is 5.32 Å². The smallest absolute Gasteiger partial charge is 0.274 e. The molecule has 0 aliphatic heterocycles. The molecule has 0 unspecified atom stereocenters. The van der Waals surface area contributed by atoms with Gasteiger partial charge in [-0.3, -0.25) is 9.20 Å². The Labute approximate surface area is 148 Å². The van der Waals surface area contributed by atoms with Crippen LogP contribution in [0.25, 0.3) is 5.65 Å². The van der Waals surface area contributed by atoms with Crippen molar-refractivity contribution in [2.24, 2.45) is 0 Å². The summed E-state index contributed by atoms with van der Waals surface area (Å²) in [5.74, 6) is -0.248. The maximum absolute atomic E-state index is 12.7. The van der Waals surface area contributed by atoms with Crippen molar-refractivity contribution in [3.63, 3.8) is 0 Å². The highest BCUT2D eigenvalue weighted by Crippen LogP contribution is 2.21. The van der Waals surface area contributed by atoms with Gasteiger partial charge in [0.15, 0.2) is 0 Å². The van der Waals surface area contributed by atoms with E-state index in [1.54, 1.807) is 47.0 Å². The minimum atomic E-state index is -0.248. The van der Waals surface area contributed by atoms with E-state index in [2.05, 4.69) is 10.3 Å². The fourth-order valence-corrected chi connectivity index (χ4v) is 2.94. The zero-order chi connectivity index (χ0) is 17.1. The zero-order valence-electron chi connectivity index (χ0n) is 12.8. The van der Waals surface area contributed by atoms with Crippen molar-refractivity contribution >= 4 is 40.6 Å². The van der Waals surface area contributed by atoms with E-state index in [-0.39, 0.29) is 5.91 Å². The first kappa shape index (κ1) is 16.4. The molecule has 0 fully saturated rings. The molecule has 1 amide bonds. The van der Waals surface area contributed by atoms with Crippen molar-refractivity contribution in [2.45, 2.75) is 18.2 Å². The summed E-state index contributed by atoms with van der Waals surface area (Å²) < 4.78 is 1.70. The predicted molar refractivity (Wildman–Crippen MR) is 95.4 cm³/mol. The number of halogens is 1. The number of rotatable bonds is 4. The van der Waals surface area contributed by atoms with Crippen molar-refractivity contribution in [1.29, 1.82) is 5.26 Å². The Morgan fingerprint density at radius 3 is 2.75 bits per heavy atom. The van der Waals surface area contributed by atoms with Gasteiger partial charge in [-0.05, 0) is 54.6 Å². The molecule has 0 saturated heterocycles. The fourth-order valence-electron chi connectivity index (χ4n) is 2.40. The summed E-state index contributed by atoms with van der Waals surface area (Å²) in [6.07, 6.45) is 2.32. The lowest BCUT2D eigenvalue weighted by molar-refractivity contribution is 0.102. The summed E-state index contributed by atoms with van der Waals surface area (Å²) in [5, 5.41) is 14.1. The molecule has 0 spiro atoms. The van der Waals surface area contributed by atoms with Crippen LogP contribution in [-0.4, -0.2) is 15.3 Å². The van der Waals surface area contributed by atoms with E-state index in [0.717, 1.165) is 16.7 Å². The van der Waals surface area contributed by atoms with E-state index in [4.69, 9.17) is 16.9 Å². The summed E-state index contributed by atoms with van der Waals surface area (Å²) in [6, 6.07) is 10.6. The molecule has 2 heterocycles. The van der Waals surface area contributed by atoms with Crippen LogP contribution in [0, 0.1) is 10.7 Å². The van der Waals surface area contributed by atoms with Gasteiger partial charge in [0, 0.05) is 16.8 Å². The molecule has 5 nitrogen and oxygen atoms in total. The fraction of sp³-hybridized carbons (Fsp3) is 0.118. The van der Waals surface area contributed by atoms with Gasteiger partial charge in [-0.1, -0.05) is 18.5 Å². The molecule has 0 atom stereocenters. The third-order valence-electron chi connectivity index (χ3n) is 3.48. The molecule has 24 heavy (non-hydrogen) atoms. The number of fused-ring (bicyclic) bond motifs is 1. The van der Waals surface area contributed by atoms with Gasteiger partial charge in [0.25, 0.3) is 5.91 Å². The standard InChI is InChI=1S/C17H13ClN4OS/c1-2-14-16(22-9-11(18)3-8-15(22)21-14)17(23)20-12-4-6-13(7-5-12)24-10-19/h3-9H,2H2,1H3,(H,20,23). The van der Waals surface area contributed by atoms with Gasteiger partial charge in [-0.25, -0.2) is 4.98 Å². The molecule has 1 aromatic carbocycles. The van der Waals surface area contributed by atoms with E-state index >= 15 is 0 Å². The van der Waals surface area contributed by atoms with E-state index in [9.17, 15) is 4.79 Å². The number of carbonyl (C=O) groups is 1. The molecular weight excluding hydrogens is 344 g/mol. The van der Waals surface area contributed by atoms with Crippen molar-refractivity contribution in [3.05, 3.63) is 59.0 Å². The number of nitrogens with zero attached hydrogens (tertiary/aromatic N) is 3. The Hall–Kier alpha value is -2.49. The maximum Gasteiger partial charge on any atom is 0.274 e. The lowest BCUT2D eigenvalue weighted by Crippen LogP contribution is -2.16. The Bertz CT molecular complexity index is 944. The average Bonchev–Trinajstić information content (AvgIpc) is 2.94. The normalized spacial score (nSPS) is 10.5. The minimum absolute atomic E-state index is 0.248. The van der Waals surface area contributed by atoms with Crippen molar-refractivity contribution in [1.82, 2.24) is 9.38 Å². The number of anilines is 1. The Morgan fingerprint density at radius 1 is 1.33 bits per heavy atom. The number of benzene rings is 1. The number of imidazole rings is 1. The molecule has 2 aromatic heterocycles. The lowest BCUT2D eigenvalue weighted by Gasteiger charge is -2.07. The van der Waals surface area contributed by atoms with Crippen LogP contribution < -0.4 is 5.32 Å². The summed E-state index contributed by atoms with van der Waals surface area (Å²) in [6.45, 7) is 1.95. The number of carbonyl (C=O) groups excluding carboxylic acids is 1. The summed E-state index contributed by atoms with van der Waals surface area (Å²) in [4.78, 5) is 18.0. The van der Waals surface area contributed by atoms with Crippen molar-refractivity contribution in [3.8, 4) is 5.40 Å². The van der Waals surface area contributed by atoms with Gasteiger partial charge in [-0.15, -0.1) is 0 Å². The molecule has 0 radical (unpaired) electrons. The quantitative estimate of drug-likeness (QED) is 0.556. The average molecular weight is 357 g/mol. The first-order valence-corrected chi connectivity index (χ1v) is 8.45. The topological polar surface area (TPSA) is 70.2 Å². The molecule has 120 valence electrons. The van der Waals surface area contributed by atoms with Crippen molar-refractivity contribution < 1.29 is 4.79 Å². The molecule has 0 bridgehead atoms. The number of thiocyanates is 1. The van der Waals surface area contributed by atoms with E-state index in [0.29, 0.717) is 34.2 Å². The number of aromatic nitrogens is 2. The molecule has 0 aliphatic rings. The Kier molecular flexibility index (Phi) is 4.74. The van der Waals surface area contributed by atoms with Crippen LogP contribution in [0.4, 0.5) is 5.69 Å². The summed E-state index contributed by atoms with van der Waals surface area (Å²) in [5.41, 5.74) is 2.53. The highest BCUT2D eigenvalue weighted by molar-refractivity contribution is 8.03. The van der Waals surface area contributed by atoms with Crippen LogP contribution in [0.5, 0.6) is 0 Å². The maximum atomic E-state index is 12.7. The molecule has 1 N–H and O–H groups in total. The van der Waals surface area contributed by atoms with E-state index in [1.807, 2.05) is 12.3 Å². The third-order valence-corrected chi connectivity index (χ3v) is 4.30. The molecule has 0 aliphatic carbocycles. The molecule has 0 saturated carbocycles. The third kappa shape index (κ3) is 3.23. The van der Waals surface area contributed by atoms with Gasteiger partial charge >= 0.3 is 0 Å². The molecular formula is C17H13ClN4OS. The van der Waals surface area contributed by atoms with Gasteiger partial charge in [0.1, 0.15) is 16.7 Å². The number of nitrogens with one attached hydrogen (secondary N) is 1. The second kappa shape index (κ2) is 6.95. The number of thioether (sulfide) groups is 1. The van der Waals surface area contributed by atoms with Gasteiger partial charge in [0.05, 0.1) is 10.7 Å². The largest absolute Gasteiger partial charge is 0.321 e. The number of pyridine rings is 1. The Balaban J connectivity index is 1.93. The SMILES string of the molecule is CCc1nc2ccc(Cl)cn2c1C(=O)Nc1ccc(SC#N)cc1. The van der Waals surface area contributed by atoms with Crippen LogP contribution in [0.3, 0.4) is 0 Å². The first-order chi connectivity index (χ1) is 11.6. The highest BCUT2D eigenvalue weighted by Gasteiger charge is 2.18. The van der Waals surface area contributed by atoms with Crippen LogP contribution in [0.1, 0.15) is 23.1 Å². The second-order valence-corrected chi connectivity index (χ2v) is 6.30. The predicted octanol–water partition coefficient (Wildman–Crippen LogP) is 4.38. The Morgan fingerprint density at radius 2 is 2.08 bits per heavy atom. The second-order valence-electron chi connectivity index (χ2n) is 5.01. The van der Waals surface area contributed by atoms with Gasteiger partial charge < -0.3 is 5.32 Å². The number of hydrogen-bond donors (Lipinski definition) is 1. The number of amides is 1. The van der Waals surface area contributed by atoms with Crippen LogP contribution >= 0.6 is 23.4 Å². The first-order valence-electron chi connectivity index (χ1n) is 7.26. The summed E-state index contributed by atoms with van der Waals surface area (Å²) >= 11 is 7.12. The highest BCUT2D eigenvalue weighted by atomic mass is 35.5. The number of aryl methyl sites for hydroxylation is 1. The molecule has 3 aromatic rings. The van der Waals surface area contributed by atoms with Gasteiger partial charge in [-0.2, -0.15) is 5.26 Å². The number of nitriles is 1. The van der Waals surface area contributed by atoms with Crippen LogP contribution in [0.2, 0.25) is 5.02 Å². The number of hydrogen-bond acceptors (Lipinski definition) is 4. The van der Waals surface area contributed by atoms with E-state index < -0.39 is 0 Å². The lowest BCUT2D eigenvalue weighted by atomic mass is 10.2. The van der Waals surface area contributed by atoms with Gasteiger partial charge in [0.2, 0.25) is 0 Å². The minimum Gasteiger partial charge on any atom is -0.321 e. The zero-order valence-corrected chi connectivity index (χ0v) is 14.4. The molecule has 7 heteroatoms. The van der Waals surface area contributed by atoms with Crippen LogP contribution in [-0.2, 0) is 6.42 Å². The molecule has 3 rings (SSSR count). The summed E-state index contributed by atoms with van der Waals surface area (Å²) in [7, 11) is 0. The van der Waals surface area contributed by atoms with Crippen LogP contribution in [0.15, 0.2) is 47.5 Å².